The van der Waals surface area contributed by atoms with Gasteiger partial charge in [0.25, 0.3) is 8.32 Å². The van der Waals surface area contributed by atoms with E-state index in [0.717, 1.165) is 34.3 Å². The Morgan fingerprint density at radius 1 is 0.742 bits per heavy atom. The molecule has 1 aliphatic heterocycles. The van der Waals surface area contributed by atoms with Crippen LogP contribution in [-0.4, -0.2) is 68.8 Å². The van der Waals surface area contributed by atoms with Crippen molar-refractivity contribution in [3.8, 4) is 11.8 Å². The lowest BCUT2D eigenvalue weighted by Crippen LogP contribution is -2.68. The molecule has 0 saturated carbocycles. The third-order valence-corrected chi connectivity index (χ3v) is 16.0. The van der Waals surface area contributed by atoms with Gasteiger partial charge in [0.15, 0.2) is 6.10 Å². The summed E-state index contributed by atoms with van der Waals surface area (Å²) in [6, 6.07) is 46.7. The van der Waals surface area contributed by atoms with E-state index in [1.165, 1.54) is 6.92 Å². The quantitative estimate of drug-likeness (QED) is 0.0429. The monoisotopic (exact) mass is 854 g/mol. The van der Waals surface area contributed by atoms with Gasteiger partial charge in [-0.15, -0.1) is 0 Å². The highest BCUT2D eigenvalue weighted by Gasteiger charge is 2.55. The highest BCUT2D eigenvalue weighted by atomic mass is 28.4. The first-order valence-electron chi connectivity index (χ1n) is 21.4. The molecule has 10 heteroatoms. The third kappa shape index (κ3) is 11.5. The van der Waals surface area contributed by atoms with Crippen LogP contribution >= 0.6 is 0 Å². The van der Waals surface area contributed by atoms with E-state index in [2.05, 4.69) is 63.8 Å². The fourth-order valence-corrected chi connectivity index (χ4v) is 12.4. The smallest absolute Gasteiger partial charge is 0.341 e. The van der Waals surface area contributed by atoms with E-state index >= 15 is 0 Å². The number of ether oxygens (including phenoxy) is 5. The van der Waals surface area contributed by atoms with Gasteiger partial charge in [0.1, 0.15) is 24.4 Å². The van der Waals surface area contributed by atoms with E-state index in [9.17, 15) is 14.7 Å². The van der Waals surface area contributed by atoms with Crippen molar-refractivity contribution in [3.05, 3.63) is 168 Å². The second kappa shape index (κ2) is 22.1. The number of aliphatic hydroxyl groups excluding tert-OH is 1. The van der Waals surface area contributed by atoms with Crippen molar-refractivity contribution in [3.63, 3.8) is 0 Å². The fourth-order valence-electron chi connectivity index (χ4n) is 7.87. The predicted octanol–water partition coefficient (Wildman–Crippen LogP) is 8.15. The van der Waals surface area contributed by atoms with Crippen LogP contribution in [0.4, 0.5) is 0 Å². The number of aliphatic hydroxyl groups is 1. The van der Waals surface area contributed by atoms with Crippen molar-refractivity contribution in [1.82, 2.24) is 0 Å². The van der Waals surface area contributed by atoms with Gasteiger partial charge in [0, 0.05) is 18.9 Å². The zero-order valence-electron chi connectivity index (χ0n) is 36.3. The second-order valence-electron chi connectivity index (χ2n) is 16.5. The van der Waals surface area contributed by atoms with Crippen molar-refractivity contribution in [2.24, 2.45) is 0 Å². The number of carbonyl (C=O) groups is 2. The maximum atomic E-state index is 14.1. The molecule has 0 spiro atoms. The van der Waals surface area contributed by atoms with Crippen LogP contribution in [0.2, 0.25) is 5.04 Å². The molecule has 5 aromatic carbocycles. The summed E-state index contributed by atoms with van der Waals surface area (Å²) >= 11 is 0. The molecule has 9 nitrogen and oxygen atoms in total. The van der Waals surface area contributed by atoms with E-state index < -0.39 is 57.1 Å². The van der Waals surface area contributed by atoms with Crippen LogP contribution < -0.4 is 10.4 Å². The molecule has 1 fully saturated rings. The summed E-state index contributed by atoms with van der Waals surface area (Å²) < 4.78 is 39.5. The molecule has 0 amide bonds. The zero-order chi connectivity index (χ0) is 44.0. The average Bonchev–Trinajstić information content (AvgIpc) is 3.28. The Morgan fingerprint density at radius 2 is 1.29 bits per heavy atom. The summed E-state index contributed by atoms with van der Waals surface area (Å²) in [5, 5.41) is 14.1. The molecule has 0 aromatic heterocycles. The molecule has 5 aromatic rings. The second-order valence-corrected chi connectivity index (χ2v) is 20.8. The lowest BCUT2D eigenvalue weighted by atomic mass is 9.94. The minimum atomic E-state index is -3.15. The minimum absolute atomic E-state index is 0.00220. The van der Waals surface area contributed by atoms with Crippen LogP contribution in [0.1, 0.15) is 80.9 Å². The molecule has 1 saturated heterocycles. The Balaban J connectivity index is 1.43. The van der Waals surface area contributed by atoms with Gasteiger partial charge in [-0.05, 0) is 45.1 Å². The van der Waals surface area contributed by atoms with Gasteiger partial charge in [-0.3, -0.25) is 4.79 Å². The molecule has 1 N–H and O–H groups in total. The summed E-state index contributed by atoms with van der Waals surface area (Å²) in [5.41, 5.74) is 2.44. The van der Waals surface area contributed by atoms with Crippen LogP contribution in [0.3, 0.4) is 0 Å². The number of benzene rings is 5. The van der Waals surface area contributed by atoms with Crippen LogP contribution in [-0.2, 0) is 46.1 Å². The molecule has 62 heavy (non-hydrogen) atoms. The number of hydrogen-bond acceptors (Lipinski definition) is 9. The molecule has 324 valence electrons. The molecule has 1 heterocycles. The number of rotatable bonds is 17. The Labute approximate surface area is 367 Å². The molecular formula is C52H58O9Si. The number of hydrogen-bond donors (Lipinski definition) is 1. The van der Waals surface area contributed by atoms with E-state index in [0.29, 0.717) is 12.0 Å². The Hall–Kier alpha value is -5.38. The lowest BCUT2D eigenvalue weighted by molar-refractivity contribution is -0.311. The van der Waals surface area contributed by atoms with Crippen LogP contribution in [0.25, 0.3) is 0 Å². The minimum Gasteiger partial charge on any atom is -0.453 e. The standard InChI is InChI=1S/C52H58O9Si/c1-6-7-8-17-28-41-29-22-23-34-44(41)50(55)61-51-49(59-38(2)53)46(54)48(57-36-40-26-15-10-16-27-40)47(60-51)45(56-35-39-24-13-9-14-25-39)37-58-62(52(3,4)5,42-30-18-11-19-31-42)43-32-20-12-21-33-43/h9-16,18-27,29-34,45-49,51,54H,6-8,35-37H2,1-5H3/t45-,46?,47?,48+,49?,51-/m1/s1. The van der Waals surface area contributed by atoms with E-state index in [4.69, 9.17) is 28.1 Å². The van der Waals surface area contributed by atoms with E-state index in [1.54, 1.807) is 24.3 Å². The normalized spacial score (nSPS) is 19.4. The topological polar surface area (TPSA) is 110 Å². The SMILES string of the molecule is CCCCC#Cc1ccccc1C(=O)O[C@H]1OC([C@@H](CO[Si](c2ccccc2)(c2ccccc2)C(C)(C)C)OCc2ccccc2)[C@@H](OCc2ccccc2)C(O)C1OC(C)=O. The first-order valence-corrected chi connectivity index (χ1v) is 23.3. The number of unbranched alkanes of at least 4 members (excludes halogenated alkanes) is 2. The first kappa shape index (κ1) is 46.1. The maximum Gasteiger partial charge on any atom is 0.341 e. The van der Waals surface area contributed by atoms with Gasteiger partial charge < -0.3 is 33.2 Å². The maximum absolute atomic E-state index is 14.1. The summed E-state index contributed by atoms with van der Waals surface area (Å²) in [4.78, 5) is 26.8. The van der Waals surface area contributed by atoms with Crippen LogP contribution in [0.15, 0.2) is 146 Å². The van der Waals surface area contributed by atoms with Crippen LogP contribution in [0, 0.1) is 11.8 Å². The highest BCUT2D eigenvalue weighted by Crippen LogP contribution is 2.38. The van der Waals surface area contributed by atoms with Crippen molar-refractivity contribution in [2.45, 2.75) is 109 Å². The summed E-state index contributed by atoms with van der Waals surface area (Å²) in [6.45, 7) is 10.1. The van der Waals surface area contributed by atoms with Gasteiger partial charge in [-0.25, -0.2) is 4.79 Å². The molecule has 0 radical (unpaired) electrons. The van der Waals surface area contributed by atoms with Gasteiger partial charge in [-0.2, -0.15) is 0 Å². The molecule has 1 aliphatic rings. The van der Waals surface area contributed by atoms with Gasteiger partial charge in [-0.1, -0.05) is 179 Å². The predicted molar refractivity (Wildman–Crippen MR) is 242 cm³/mol. The summed E-state index contributed by atoms with van der Waals surface area (Å²) in [6.07, 6.45) is -5.11. The summed E-state index contributed by atoms with van der Waals surface area (Å²) in [5.74, 6) is 4.79. The fraction of sp³-hybridized carbons (Fsp3) is 0.346. The third-order valence-electron chi connectivity index (χ3n) is 10.9. The first-order chi connectivity index (χ1) is 30.0. The number of carbonyl (C=O) groups excluding carboxylic acids is 2. The molecule has 6 atom stereocenters. The molecular weight excluding hydrogens is 797 g/mol. The molecule has 3 unspecified atom stereocenters. The molecule has 0 aliphatic carbocycles. The van der Waals surface area contributed by atoms with Crippen LogP contribution in [0.5, 0.6) is 0 Å². The van der Waals surface area contributed by atoms with E-state index in [1.807, 2.05) is 97.1 Å². The van der Waals surface area contributed by atoms with Gasteiger partial charge in [0.2, 0.25) is 6.29 Å². The Bertz CT molecular complexity index is 2180. The van der Waals surface area contributed by atoms with Gasteiger partial charge in [0.05, 0.1) is 25.4 Å². The van der Waals surface area contributed by atoms with Crippen molar-refractivity contribution >= 4 is 30.6 Å². The Morgan fingerprint density at radius 3 is 1.85 bits per heavy atom. The van der Waals surface area contributed by atoms with Crippen molar-refractivity contribution < 1.29 is 42.8 Å². The molecule has 6 rings (SSSR count). The van der Waals surface area contributed by atoms with Crippen molar-refractivity contribution in [1.29, 1.82) is 0 Å². The van der Waals surface area contributed by atoms with E-state index in [-0.39, 0.29) is 30.4 Å². The average molecular weight is 855 g/mol. The highest BCUT2D eigenvalue weighted by molar-refractivity contribution is 6.99. The summed E-state index contributed by atoms with van der Waals surface area (Å²) in [7, 11) is -3.15. The largest absolute Gasteiger partial charge is 0.453 e. The number of esters is 2. The van der Waals surface area contributed by atoms with Gasteiger partial charge >= 0.3 is 11.9 Å². The lowest BCUT2D eigenvalue weighted by Gasteiger charge is -2.47. The Kier molecular flexibility index (Phi) is 16.5. The molecule has 0 bridgehead atoms. The zero-order valence-corrected chi connectivity index (χ0v) is 37.3. The van der Waals surface area contributed by atoms with Crippen molar-refractivity contribution in [2.75, 3.05) is 6.61 Å².